The van der Waals surface area contributed by atoms with E-state index in [4.69, 9.17) is 4.74 Å². The molecule has 4 rings (SSSR count). The van der Waals surface area contributed by atoms with Gasteiger partial charge in [-0.1, -0.05) is 53.9 Å². The molecule has 190 valence electrons. The van der Waals surface area contributed by atoms with E-state index in [1.54, 1.807) is 7.11 Å². The smallest absolute Gasteiger partial charge is 0.144 e. The van der Waals surface area contributed by atoms with E-state index in [2.05, 4.69) is 34.6 Å². The summed E-state index contributed by atoms with van der Waals surface area (Å²) in [5.41, 5.74) is -0.0290. The quantitative estimate of drug-likeness (QED) is 0.428. The molecule has 0 amide bonds. The summed E-state index contributed by atoms with van der Waals surface area (Å²) >= 11 is 0. The number of carbonyl (C=O) groups excluding carboxylic acids is 1. The highest BCUT2D eigenvalue weighted by Crippen LogP contribution is 2.69. The minimum atomic E-state index is -0.654. The average molecular weight is 461 g/mol. The van der Waals surface area contributed by atoms with Gasteiger partial charge in [-0.05, 0) is 97.2 Å². The number of aliphatic hydroxyl groups excluding tert-OH is 1. The SMILES string of the molecule is COC[C@@]1(CO)C[C@@H]2CC[C@@H]3[C@H](CC[C@]4(C)[C@@H]([C@H](C)CCCC(C)C)CC[C@@H]34)[C@@]2(C)CC1=O. The first-order chi connectivity index (χ1) is 15.6. The highest BCUT2D eigenvalue weighted by molar-refractivity contribution is 5.86. The number of aliphatic hydroxyl groups is 1. The van der Waals surface area contributed by atoms with E-state index in [-0.39, 0.29) is 17.8 Å². The second kappa shape index (κ2) is 9.57. The van der Waals surface area contributed by atoms with Crippen molar-refractivity contribution in [1.82, 2.24) is 0 Å². The number of rotatable bonds is 8. The molecule has 0 aromatic rings. The topological polar surface area (TPSA) is 46.5 Å². The molecule has 0 aliphatic heterocycles. The van der Waals surface area contributed by atoms with Crippen LogP contribution in [0.1, 0.15) is 105 Å². The lowest BCUT2D eigenvalue weighted by Gasteiger charge is -2.62. The summed E-state index contributed by atoms with van der Waals surface area (Å²) in [5, 5.41) is 10.2. The van der Waals surface area contributed by atoms with Crippen molar-refractivity contribution < 1.29 is 14.6 Å². The molecule has 0 saturated heterocycles. The fourth-order valence-corrected chi connectivity index (χ4v) is 9.90. The van der Waals surface area contributed by atoms with Crippen LogP contribution in [0.2, 0.25) is 0 Å². The normalized spacial score (nSPS) is 46.1. The van der Waals surface area contributed by atoms with Crippen molar-refractivity contribution in [3.63, 3.8) is 0 Å². The molecule has 9 atom stereocenters. The van der Waals surface area contributed by atoms with Crippen LogP contribution in [-0.2, 0) is 9.53 Å². The highest BCUT2D eigenvalue weighted by Gasteiger charge is 2.63. The Morgan fingerprint density at radius 2 is 1.73 bits per heavy atom. The standard InChI is InChI=1S/C30H52O3/c1-20(2)8-7-9-21(3)24-12-13-25-23-11-10-22-16-30(18-31,19-33-6)27(32)17-29(22,5)26(23)14-15-28(24,25)4/h20-26,31H,7-19H2,1-6H3/t21-,22+,23+,24-,25+,26+,28-,29+,30+/m1/s1. The third-order valence-electron chi connectivity index (χ3n) is 11.8. The number of carbonyl (C=O) groups is 1. The fraction of sp³-hybridized carbons (Fsp3) is 0.967. The molecule has 4 aliphatic carbocycles. The largest absolute Gasteiger partial charge is 0.395 e. The Labute approximate surface area is 203 Å². The molecule has 33 heavy (non-hydrogen) atoms. The van der Waals surface area contributed by atoms with Crippen molar-refractivity contribution in [2.75, 3.05) is 20.3 Å². The lowest BCUT2D eigenvalue weighted by atomic mass is 9.42. The minimum absolute atomic E-state index is 0.0581. The molecule has 1 N–H and O–H groups in total. The first kappa shape index (κ1) is 25.7. The van der Waals surface area contributed by atoms with Crippen molar-refractivity contribution >= 4 is 5.78 Å². The molecule has 0 radical (unpaired) electrons. The van der Waals surface area contributed by atoms with Crippen molar-refractivity contribution in [2.24, 2.45) is 57.7 Å². The highest BCUT2D eigenvalue weighted by atomic mass is 16.5. The van der Waals surface area contributed by atoms with Crippen LogP contribution in [-0.4, -0.2) is 31.2 Å². The zero-order valence-corrected chi connectivity index (χ0v) is 22.5. The Morgan fingerprint density at radius 1 is 1.00 bits per heavy atom. The van der Waals surface area contributed by atoms with E-state index >= 15 is 0 Å². The maximum atomic E-state index is 13.4. The van der Waals surface area contributed by atoms with Gasteiger partial charge in [0.15, 0.2) is 0 Å². The molecule has 0 aromatic carbocycles. The van der Waals surface area contributed by atoms with Crippen LogP contribution in [0.3, 0.4) is 0 Å². The van der Waals surface area contributed by atoms with Gasteiger partial charge in [-0.25, -0.2) is 0 Å². The van der Waals surface area contributed by atoms with Gasteiger partial charge >= 0.3 is 0 Å². The number of ether oxygens (including phenoxy) is 1. The van der Waals surface area contributed by atoms with Crippen molar-refractivity contribution in [3.05, 3.63) is 0 Å². The van der Waals surface area contributed by atoms with Crippen molar-refractivity contribution in [3.8, 4) is 0 Å². The van der Waals surface area contributed by atoms with Crippen molar-refractivity contribution in [2.45, 2.75) is 105 Å². The predicted octanol–water partition coefficient (Wildman–Crippen LogP) is 6.91. The maximum Gasteiger partial charge on any atom is 0.144 e. The molecule has 0 bridgehead atoms. The van der Waals surface area contributed by atoms with Crippen LogP contribution in [0.25, 0.3) is 0 Å². The molecular weight excluding hydrogens is 408 g/mol. The number of methoxy groups -OCH3 is 1. The number of fused-ring (bicyclic) bond motifs is 5. The lowest BCUT2D eigenvalue weighted by Crippen LogP contribution is -2.58. The van der Waals surface area contributed by atoms with Crippen LogP contribution >= 0.6 is 0 Å². The van der Waals surface area contributed by atoms with Gasteiger partial charge in [0.1, 0.15) is 5.78 Å². The fourth-order valence-electron chi connectivity index (χ4n) is 9.90. The summed E-state index contributed by atoms with van der Waals surface area (Å²) in [6.45, 7) is 12.7. The van der Waals surface area contributed by atoms with Crippen LogP contribution in [0.5, 0.6) is 0 Å². The molecule has 0 heterocycles. The summed E-state index contributed by atoms with van der Waals surface area (Å²) in [5.74, 6) is 5.71. The van der Waals surface area contributed by atoms with E-state index in [0.717, 1.165) is 36.0 Å². The molecule has 0 unspecified atom stereocenters. The molecule has 0 aromatic heterocycles. The monoisotopic (exact) mass is 460 g/mol. The lowest BCUT2D eigenvalue weighted by molar-refractivity contribution is -0.167. The molecule has 3 nitrogen and oxygen atoms in total. The minimum Gasteiger partial charge on any atom is -0.395 e. The number of hydrogen-bond donors (Lipinski definition) is 1. The second-order valence-corrected chi connectivity index (χ2v) is 13.9. The third kappa shape index (κ3) is 4.26. The van der Waals surface area contributed by atoms with E-state index < -0.39 is 5.41 Å². The Hall–Kier alpha value is -0.410. The van der Waals surface area contributed by atoms with Gasteiger partial charge in [-0.15, -0.1) is 0 Å². The Kier molecular flexibility index (Phi) is 7.44. The van der Waals surface area contributed by atoms with Crippen molar-refractivity contribution in [1.29, 1.82) is 0 Å². The molecule has 4 fully saturated rings. The zero-order chi connectivity index (χ0) is 24.0. The van der Waals surface area contributed by atoms with Crippen LogP contribution < -0.4 is 0 Å². The van der Waals surface area contributed by atoms with Gasteiger partial charge < -0.3 is 9.84 Å². The Balaban J connectivity index is 1.49. The first-order valence-electron chi connectivity index (χ1n) is 14.2. The van der Waals surface area contributed by atoms with E-state index in [9.17, 15) is 9.90 Å². The summed E-state index contributed by atoms with van der Waals surface area (Å²) < 4.78 is 5.43. The molecule has 3 heteroatoms. The van der Waals surface area contributed by atoms with Crippen LogP contribution in [0.4, 0.5) is 0 Å². The van der Waals surface area contributed by atoms with Gasteiger partial charge in [-0.3, -0.25) is 4.79 Å². The summed E-state index contributed by atoms with van der Waals surface area (Å²) in [7, 11) is 1.66. The van der Waals surface area contributed by atoms with Gasteiger partial charge in [0, 0.05) is 13.5 Å². The number of Topliss-reactive ketones (excluding diaryl/α,β-unsaturated/α-hetero) is 1. The molecule has 4 aliphatic rings. The Morgan fingerprint density at radius 3 is 2.39 bits per heavy atom. The van der Waals surface area contributed by atoms with Crippen LogP contribution in [0.15, 0.2) is 0 Å². The summed E-state index contributed by atoms with van der Waals surface area (Å²) in [4.78, 5) is 13.4. The van der Waals surface area contributed by atoms with E-state index in [1.807, 2.05) is 0 Å². The maximum absolute atomic E-state index is 13.4. The van der Waals surface area contributed by atoms with Gasteiger partial charge in [-0.2, -0.15) is 0 Å². The van der Waals surface area contributed by atoms with Gasteiger partial charge in [0.25, 0.3) is 0 Å². The molecule has 0 spiro atoms. The average Bonchev–Trinajstić information content (AvgIpc) is 3.11. The first-order valence-corrected chi connectivity index (χ1v) is 14.2. The predicted molar refractivity (Wildman–Crippen MR) is 135 cm³/mol. The van der Waals surface area contributed by atoms with Gasteiger partial charge in [0.2, 0.25) is 0 Å². The summed E-state index contributed by atoms with van der Waals surface area (Å²) in [6.07, 6.45) is 13.7. The third-order valence-corrected chi connectivity index (χ3v) is 11.8. The number of hydrogen-bond acceptors (Lipinski definition) is 3. The van der Waals surface area contributed by atoms with Gasteiger partial charge in [0.05, 0.1) is 18.6 Å². The zero-order valence-electron chi connectivity index (χ0n) is 22.5. The Bertz CT molecular complexity index is 703. The summed E-state index contributed by atoms with van der Waals surface area (Å²) in [6, 6.07) is 0. The number of ketones is 1. The second-order valence-electron chi connectivity index (χ2n) is 13.9. The molecule has 4 saturated carbocycles. The molecular formula is C30H52O3. The van der Waals surface area contributed by atoms with E-state index in [0.29, 0.717) is 30.3 Å². The van der Waals surface area contributed by atoms with Crippen LogP contribution in [0, 0.1) is 57.7 Å². The van der Waals surface area contributed by atoms with E-state index in [1.165, 1.54) is 57.8 Å².